The normalized spacial score (nSPS) is 24.4. The van der Waals surface area contributed by atoms with Crippen LogP contribution in [0.4, 0.5) is 0 Å². The molecule has 1 heterocycles. The quantitative estimate of drug-likeness (QED) is 0.650. The number of aliphatic hydroxyl groups is 1. The van der Waals surface area contributed by atoms with Gasteiger partial charge in [-0.25, -0.2) is 0 Å². The molecule has 1 aliphatic heterocycles. The molecule has 0 aliphatic carbocycles. The third kappa shape index (κ3) is 1.72. The second-order valence-electron chi connectivity index (χ2n) is 3.78. The van der Waals surface area contributed by atoms with E-state index in [1.165, 1.54) is 12.1 Å². The van der Waals surface area contributed by atoms with Crippen LogP contribution in [0.25, 0.3) is 0 Å². The lowest BCUT2D eigenvalue weighted by Gasteiger charge is -2.30. The van der Waals surface area contributed by atoms with Crippen LogP contribution in [0.5, 0.6) is 17.2 Å². The van der Waals surface area contributed by atoms with Gasteiger partial charge in [0, 0.05) is 24.1 Å². The second kappa shape index (κ2) is 3.62. The number of benzene rings is 1. The van der Waals surface area contributed by atoms with Crippen molar-refractivity contribution < 1.29 is 20.1 Å². The highest BCUT2D eigenvalue weighted by Crippen LogP contribution is 2.38. The average molecular weight is 210 g/mol. The first-order valence-corrected chi connectivity index (χ1v) is 5.01. The van der Waals surface area contributed by atoms with E-state index >= 15 is 0 Å². The van der Waals surface area contributed by atoms with Crippen molar-refractivity contribution in [2.45, 2.75) is 32.0 Å². The highest BCUT2D eigenvalue weighted by molar-refractivity contribution is 5.50. The van der Waals surface area contributed by atoms with Gasteiger partial charge in [0.05, 0.1) is 6.10 Å². The number of hydrogen-bond acceptors (Lipinski definition) is 4. The molecule has 2 rings (SSSR count). The molecule has 0 aromatic heterocycles. The number of rotatable bonds is 1. The summed E-state index contributed by atoms with van der Waals surface area (Å²) in [6, 6.07) is 2.71. The van der Waals surface area contributed by atoms with Crippen molar-refractivity contribution in [3.05, 3.63) is 17.7 Å². The fourth-order valence-electron chi connectivity index (χ4n) is 1.86. The van der Waals surface area contributed by atoms with Crippen molar-refractivity contribution >= 4 is 0 Å². The zero-order valence-corrected chi connectivity index (χ0v) is 8.47. The van der Waals surface area contributed by atoms with E-state index in [0.717, 1.165) is 0 Å². The Labute approximate surface area is 87.7 Å². The number of hydrogen-bond donors (Lipinski definition) is 3. The van der Waals surface area contributed by atoms with Crippen LogP contribution in [0.3, 0.4) is 0 Å². The van der Waals surface area contributed by atoms with Gasteiger partial charge in [-0.2, -0.15) is 0 Å². The van der Waals surface area contributed by atoms with E-state index in [1.807, 2.05) is 6.92 Å². The van der Waals surface area contributed by atoms with Crippen molar-refractivity contribution in [2.24, 2.45) is 0 Å². The molecule has 0 fully saturated rings. The van der Waals surface area contributed by atoms with Crippen LogP contribution in [0.2, 0.25) is 0 Å². The number of aliphatic hydroxyl groups excluding tert-OH is 1. The molecular formula is C11H14O4. The second-order valence-corrected chi connectivity index (χ2v) is 3.78. The summed E-state index contributed by atoms with van der Waals surface area (Å²) in [6.45, 7) is 1.92. The van der Waals surface area contributed by atoms with E-state index in [4.69, 9.17) is 4.74 Å². The maximum absolute atomic E-state index is 9.71. The van der Waals surface area contributed by atoms with Crippen molar-refractivity contribution in [3.8, 4) is 17.2 Å². The van der Waals surface area contributed by atoms with E-state index < -0.39 is 6.10 Å². The monoisotopic (exact) mass is 210 g/mol. The van der Waals surface area contributed by atoms with Crippen molar-refractivity contribution in [3.63, 3.8) is 0 Å². The Morgan fingerprint density at radius 1 is 1.40 bits per heavy atom. The highest BCUT2D eigenvalue weighted by atomic mass is 16.5. The third-order valence-electron chi connectivity index (χ3n) is 2.69. The zero-order valence-electron chi connectivity index (χ0n) is 8.47. The van der Waals surface area contributed by atoms with E-state index in [1.54, 1.807) is 0 Å². The van der Waals surface area contributed by atoms with E-state index in [0.29, 0.717) is 24.2 Å². The molecule has 0 amide bonds. The van der Waals surface area contributed by atoms with Gasteiger partial charge in [-0.1, -0.05) is 6.92 Å². The highest BCUT2D eigenvalue weighted by Gasteiger charge is 2.29. The predicted octanol–water partition coefficient (Wildman–Crippen LogP) is 1.17. The van der Waals surface area contributed by atoms with Gasteiger partial charge in [-0.05, 0) is 6.42 Å². The van der Waals surface area contributed by atoms with E-state index in [2.05, 4.69) is 0 Å². The lowest BCUT2D eigenvalue weighted by atomic mass is 9.97. The molecule has 4 nitrogen and oxygen atoms in total. The third-order valence-corrected chi connectivity index (χ3v) is 2.69. The van der Waals surface area contributed by atoms with Crippen molar-refractivity contribution in [1.82, 2.24) is 0 Å². The molecule has 15 heavy (non-hydrogen) atoms. The van der Waals surface area contributed by atoms with E-state index in [9.17, 15) is 15.3 Å². The average Bonchev–Trinajstić information content (AvgIpc) is 2.18. The standard InChI is InChI=1S/C11H14O4/c1-2-10-9(14)5-7-8(13)3-6(12)4-11(7)15-10/h3-4,9-10,12-14H,2,5H2,1H3/t9-,10-/m0/s1. The fourth-order valence-corrected chi connectivity index (χ4v) is 1.86. The molecule has 1 aromatic carbocycles. The first kappa shape index (κ1) is 10.1. The van der Waals surface area contributed by atoms with Gasteiger partial charge >= 0.3 is 0 Å². The minimum Gasteiger partial charge on any atom is -0.508 e. The fraction of sp³-hybridized carbons (Fsp3) is 0.455. The summed E-state index contributed by atoms with van der Waals surface area (Å²) < 4.78 is 5.48. The van der Waals surface area contributed by atoms with Gasteiger partial charge in [0.1, 0.15) is 23.4 Å². The Bertz CT molecular complexity index is 375. The largest absolute Gasteiger partial charge is 0.508 e. The SMILES string of the molecule is CC[C@@H]1Oc2cc(O)cc(O)c2C[C@@H]1O. The van der Waals surface area contributed by atoms with Crippen LogP contribution in [0.1, 0.15) is 18.9 Å². The van der Waals surface area contributed by atoms with Crippen LogP contribution in [0.15, 0.2) is 12.1 Å². The molecule has 82 valence electrons. The summed E-state index contributed by atoms with van der Waals surface area (Å²) >= 11 is 0. The molecule has 0 unspecified atom stereocenters. The summed E-state index contributed by atoms with van der Waals surface area (Å²) in [6.07, 6.45) is 0.188. The van der Waals surface area contributed by atoms with Crippen LogP contribution >= 0.6 is 0 Å². The number of ether oxygens (including phenoxy) is 1. The van der Waals surface area contributed by atoms with Crippen LogP contribution < -0.4 is 4.74 Å². The van der Waals surface area contributed by atoms with Gasteiger partial charge in [0.25, 0.3) is 0 Å². The van der Waals surface area contributed by atoms with E-state index in [-0.39, 0.29) is 17.6 Å². The lowest BCUT2D eigenvalue weighted by Crippen LogP contribution is -2.36. The molecule has 2 atom stereocenters. The molecule has 0 radical (unpaired) electrons. The molecule has 1 aromatic rings. The summed E-state index contributed by atoms with van der Waals surface area (Å²) in [4.78, 5) is 0. The minimum atomic E-state index is -0.599. The van der Waals surface area contributed by atoms with Crippen molar-refractivity contribution in [1.29, 1.82) is 0 Å². The molecule has 4 heteroatoms. The lowest BCUT2D eigenvalue weighted by molar-refractivity contribution is 0.0190. The van der Waals surface area contributed by atoms with Gasteiger partial charge in [-0.15, -0.1) is 0 Å². The Kier molecular flexibility index (Phi) is 2.44. The molecule has 0 spiro atoms. The summed E-state index contributed by atoms with van der Waals surface area (Å²) in [5.41, 5.74) is 0.560. The Hall–Kier alpha value is -1.42. The number of fused-ring (bicyclic) bond motifs is 1. The summed E-state index contributed by atoms with van der Waals surface area (Å²) in [7, 11) is 0. The predicted molar refractivity (Wildman–Crippen MR) is 54.2 cm³/mol. The van der Waals surface area contributed by atoms with Gasteiger partial charge in [-0.3, -0.25) is 0 Å². The number of aromatic hydroxyl groups is 2. The molecule has 0 saturated carbocycles. The first-order chi connectivity index (χ1) is 7.11. The molecule has 0 saturated heterocycles. The van der Waals surface area contributed by atoms with Crippen LogP contribution in [0, 0.1) is 0 Å². The minimum absolute atomic E-state index is 0.0291. The smallest absolute Gasteiger partial charge is 0.130 e. The Morgan fingerprint density at radius 2 is 2.13 bits per heavy atom. The van der Waals surface area contributed by atoms with Gasteiger partial charge in [0.2, 0.25) is 0 Å². The summed E-state index contributed by atoms with van der Waals surface area (Å²) in [5.74, 6) is 0.403. The topological polar surface area (TPSA) is 69.9 Å². The zero-order chi connectivity index (χ0) is 11.0. The maximum Gasteiger partial charge on any atom is 0.130 e. The molecule has 1 aliphatic rings. The Balaban J connectivity index is 2.40. The number of phenolic OH excluding ortho intramolecular Hbond substituents is 2. The molecule has 3 N–H and O–H groups in total. The maximum atomic E-state index is 9.71. The van der Waals surface area contributed by atoms with Gasteiger partial charge in [0.15, 0.2) is 0 Å². The molecule has 0 bridgehead atoms. The molecular weight excluding hydrogens is 196 g/mol. The van der Waals surface area contributed by atoms with Crippen LogP contribution in [-0.4, -0.2) is 27.5 Å². The summed E-state index contributed by atoms with van der Waals surface area (Å²) in [5, 5.41) is 28.6. The van der Waals surface area contributed by atoms with Crippen molar-refractivity contribution in [2.75, 3.05) is 0 Å². The first-order valence-electron chi connectivity index (χ1n) is 5.01. The number of phenols is 2. The van der Waals surface area contributed by atoms with Gasteiger partial charge < -0.3 is 20.1 Å². The Morgan fingerprint density at radius 3 is 2.80 bits per heavy atom. The van der Waals surface area contributed by atoms with Crippen LogP contribution in [-0.2, 0) is 6.42 Å².